The molecule has 0 aliphatic heterocycles. The number of hydrogen-bond acceptors (Lipinski definition) is 3. The molecule has 7 rings (SSSR count). The molecule has 6 aromatic rings. The number of aryl methyl sites for hydroxylation is 1. The number of H-pyrrole nitrogens is 2. The molecule has 1 atom stereocenters. The lowest BCUT2D eigenvalue weighted by Crippen LogP contribution is -2.28. The summed E-state index contributed by atoms with van der Waals surface area (Å²) in [5.41, 5.74) is 9.82. The van der Waals surface area contributed by atoms with Crippen LogP contribution in [-0.2, 0) is 0 Å². The van der Waals surface area contributed by atoms with E-state index >= 15 is 0 Å². The highest BCUT2D eigenvalue weighted by Gasteiger charge is 2.32. The van der Waals surface area contributed by atoms with Crippen LogP contribution in [0.1, 0.15) is 33.1 Å². The summed E-state index contributed by atoms with van der Waals surface area (Å²) in [6.07, 6.45) is 3.46. The zero-order valence-electron chi connectivity index (χ0n) is 19.0. The highest BCUT2D eigenvalue weighted by atomic mass is 16.1. The summed E-state index contributed by atoms with van der Waals surface area (Å²) in [5, 5.41) is 4.10. The van der Waals surface area contributed by atoms with E-state index in [0.29, 0.717) is 11.2 Å². The van der Waals surface area contributed by atoms with Gasteiger partial charge in [-0.05, 0) is 52.9 Å². The number of aromatic nitrogens is 4. The molecule has 3 aromatic heterocycles. The fraction of sp³-hybridized carbons (Fsp3) is 0.0690. The first-order valence-electron chi connectivity index (χ1n) is 11.6. The second kappa shape index (κ2) is 7.40. The number of carbonyl (C=O) groups excluding carboxylic acids is 1. The molecule has 0 saturated carbocycles. The van der Waals surface area contributed by atoms with Crippen molar-refractivity contribution in [3.8, 4) is 22.5 Å². The molecule has 0 bridgehead atoms. The highest BCUT2D eigenvalue weighted by molar-refractivity contribution is 6.06. The van der Waals surface area contributed by atoms with E-state index in [4.69, 9.17) is 4.98 Å². The number of rotatable bonds is 3. The van der Waals surface area contributed by atoms with Gasteiger partial charge in [0.1, 0.15) is 11.5 Å². The molecule has 3 aromatic carbocycles. The first-order valence-corrected chi connectivity index (χ1v) is 11.6. The number of aromatic amines is 2. The number of benzene rings is 3. The number of carbonyl (C=O) groups is 1. The Hall–Kier alpha value is -4.71. The van der Waals surface area contributed by atoms with E-state index in [9.17, 15) is 4.79 Å². The Kier molecular flexibility index (Phi) is 4.17. The van der Waals surface area contributed by atoms with Gasteiger partial charge in [-0.15, -0.1) is 0 Å². The van der Waals surface area contributed by atoms with E-state index in [2.05, 4.69) is 63.6 Å². The molecule has 1 unspecified atom stereocenters. The largest absolute Gasteiger partial charge is 0.346 e. The van der Waals surface area contributed by atoms with Gasteiger partial charge in [0.25, 0.3) is 5.91 Å². The van der Waals surface area contributed by atoms with Crippen molar-refractivity contribution < 1.29 is 4.79 Å². The Morgan fingerprint density at radius 1 is 0.914 bits per heavy atom. The molecule has 168 valence electrons. The average Bonchev–Trinajstić information content (AvgIpc) is 3.61. The van der Waals surface area contributed by atoms with E-state index in [0.717, 1.165) is 55.6 Å². The van der Waals surface area contributed by atoms with Gasteiger partial charge >= 0.3 is 0 Å². The van der Waals surface area contributed by atoms with Gasteiger partial charge < -0.3 is 15.3 Å². The van der Waals surface area contributed by atoms with Crippen LogP contribution in [0.15, 0.2) is 85.2 Å². The molecule has 0 spiro atoms. The lowest BCUT2D eigenvalue weighted by molar-refractivity contribution is 0.0945. The van der Waals surface area contributed by atoms with Gasteiger partial charge in [0.2, 0.25) is 0 Å². The van der Waals surface area contributed by atoms with Crippen LogP contribution in [0, 0.1) is 6.92 Å². The monoisotopic (exact) mass is 455 g/mol. The third-order valence-electron chi connectivity index (χ3n) is 6.90. The lowest BCUT2D eigenvalue weighted by atomic mass is 9.98. The summed E-state index contributed by atoms with van der Waals surface area (Å²) in [6, 6.07) is 24.0. The average molecular weight is 456 g/mol. The van der Waals surface area contributed by atoms with Crippen LogP contribution in [-0.4, -0.2) is 25.8 Å². The fourth-order valence-electron chi connectivity index (χ4n) is 5.28. The Balaban J connectivity index is 1.37. The van der Waals surface area contributed by atoms with Crippen molar-refractivity contribution in [1.29, 1.82) is 0 Å². The molecule has 1 aliphatic carbocycles. The van der Waals surface area contributed by atoms with Gasteiger partial charge in [0.05, 0.1) is 22.6 Å². The minimum absolute atomic E-state index is 0.130. The minimum atomic E-state index is -0.262. The number of para-hydroxylation sites is 1. The molecule has 6 nitrogen and oxygen atoms in total. The number of nitrogens with zero attached hydrogens (tertiary/aromatic N) is 2. The first kappa shape index (κ1) is 19.7. The van der Waals surface area contributed by atoms with Gasteiger partial charge in [-0.2, -0.15) is 0 Å². The maximum absolute atomic E-state index is 13.5. The Morgan fingerprint density at radius 3 is 2.66 bits per heavy atom. The van der Waals surface area contributed by atoms with Crippen LogP contribution >= 0.6 is 0 Å². The number of imidazole rings is 1. The molecule has 35 heavy (non-hydrogen) atoms. The quantitative estimate of drug-likeness (QED) is 0.310. The van der Waals surface area contributed by atoms with Crippen molar-refractivity contribution >= 4 is 28.0 Å². The van der Waals surface area contributed by atoms with Gasteiger partial charge in [-0.1, -0.05) is 54.6 Å². The summed E-state index contributed by atoms with van der Waals surface area (Å²) in [5.74, 6) is 0.700. The van der Waals surface area contributed by atoms with Crippen molar-refractivity contribution in [3.05, 3.63) is 107 Å². The van der Waals surface area contributed by atoms with Gasteiger partial charge in [-0.25, -0.2) is 9.97 Å². The topological polar surface area (TPSA) is 86.5 Å². The lowest BCUT2D eigenvalue weighted by Gasteiger charge is -2.16. The normalized spacial score (nSPS) is 14.3. The summed E-state index contributed by atoms with van der Waals surface area (Å²) in [4.78, 5) is 29.3. The zero-order chi connectivity index (χ0) is 23.5. The molecule has 0 fully saturated rings. The molecule has 3 N–H and O–H groups in total. The van der Waals surface area contributed by atoms with Crippen LogP contribution < -0.4 is 5.32 Å². The molecule has 6 heteroatoms. The van der Waals surface area contributed by atoms with Gasteiger partial charge in [0.15, 0.2) is 0 Å². The molecule has 3 heterocycles. The van der Waals surface area contributed by atoms with E-state index in [-0.39, 0.29) is 11.9 Å². The second-order valence-corrected chi connectivity index (χ2v) is 8.92. The highest BCUT2D eigenvalue weighted by Crippen LogP contribution is 2.47. The van der Waals surface area contributed by atoms with Crippen molar-refractivity contribution in [2.24, 2.45) is 0 Å². The maximum atomic E-state index is 13.5. The van der Waals surface area contributed by atoms with Crippen molar-refractivity contribution in [2.45, 2.75) is 13.0 Å². The molecule has 1 aliphatic rings. The van der Waals surface area contributed by atoms with Crippen molar-refractivity contribution in [3.63, 3.8) is 0 Å². The summed E-state index contributed by atoms with van der Waals surface area (Å²) >= 11 is 0. The molecular weight excluding hydrogens is 434 g/mol. The number of amides is 1. The third kappa shape index (κ3) is 2.93. The second-order valence-electron chi connectivity index (χ2n) is 8.92. The van der Waals surface area contributed by atoms with E-state index in [1.54, 1.807) is 18.5 Å². The summed E-state index contributed by atoms with van der Waals surface area (Å²) in [6.45, 7) is 2.07. The van der Waals surface area contributed by atoms with E-state index in [1.165, 1.54) is 0 Å². The number of nitrogens with one attached hydrogen (secondary N) is 3. The standard InChI is InChI=1S/C29H21N5O/c1-16-6-4-11-23-25(16)33-28(32-23)22-10-5-9-21-24(22)17-7-2-3-8-18(17)26(21)34-29(35)20-13-15-31-27-19(20)12-14-30-27/h2-15,26H,1H3,(H,30,31)(H,32,33)(H,34,35). The van der Waals surface area contributed by atoms with Crippen LogP contribution in [0.4, 0.5) is 0 Å². The molecular formula is C29H21N5O. The molecule has 1 amide bonds. The molecule has 0 radical (unpaired) electrons. The minimum Gasteiger partial charge on any atom is -0.346 e. The number of pyridine rings is 1. The zero-order valence-corrected chi connectivity index (χ0v) is 19.0. The Morgan fingerprint density at radius 2 is 1.74 bits per heavy atom. The summed E-state index contributed by atoms with van der Waals surface area (Å²) < 4.78 is 0. The predicted molar refractivity (Wildman–Crippen MR) is 137 cm³/mol. The summed E-state index contributed by atoms with van der Waals surface area (Å²) in [7, 11) is 0. The molecule has 0 saturated heterocycles. The predicted octanol–water partition coefficient (Wildman–Crippen LogP) is 5.91. The fourth-order valence-corrected chi connectivity index (χ4v) is 5.28. The van der Waals surface area contributed by atoms with Gasteiger partial charge in [0, 0.05) is 23.3 Å². The number of hydrogen-bond donors (Lipinski definition) is 3. The maximum Gasteiger partial charge on any atom is 0.252 e. The smallest absolute Gasteiger partial charge is 0.252 e. The Labute approximate surface area is 201 Å². The van der Waals surface area contributed by atoms with Crippen molar-refractivity contribution in [2.75, 3.05) is 0 Å². The SMILES string of the molecule is Cc1cccc2[nH]c(-c3cccc4c3-c3ccccc3C4NC(=O)c3ccnc4[nH]ccc34)nc12. The van der Waals surface area contributed by atoms with Crippen molar-refractivity contribution in [1.82, 2.24) is 25.3 Å². The van der Waals surface area contributed by atoms with Crippen LogP contribution in [0.3, 0.4) is 0 Å². The van der Waals surface area contributed by atoms with E-state index < -0.39 is 0 Å². The van der Waals surface area contributed by atoms with Crippen LogP contribution in [0.2, 0.25) is 0 Å². The third-order valence-corrected chi connectivity index (χ3v) is 6.90. The first-order chi connectivity index (χ1) is 17.2. The van der Waals surface area contributed by atoms with Crippen LogP contribution in [0.5, 0.6) is 0 Å². The van der Waals surface area contributed by atoms with Crippen LogP contribution in [0.25, 0.3) is 44.6 Å². The van der Waals surface area contributed by atoms with Gasteiger partial charge in [-0.3, -0.25) is 4.79 Å². The van der Waals surface area contributed by atoms with E-state index in [1.807, 2.05) is 30.3 Å². The number of fused-ring (bicyclic) bond motifs is 5. The Bertz CT molecular complexity index is 1780.